The molecule has 1 aliphatic heterocycles. The van der Waals surface area contributed by atoms with E-state index in [2.05, 4.69) is 10.3 Å². The molecule has 0 saturated carbocycles. The maximum absolute atomic E-state index is 11.6. The van der Waals surface area contributed by atoms with E-state index in [0.717, 1.165) is 29.1 Å². The summed E-state index contributed by atoms with van der Waals surface area (Å²) < 4.78 is 5.90. The van der Waals surface area contributed by atoms with Crippen molar-refractivity contribution in [3.05, 3.63) is 47.3 Å². The molecule has 1 aromatic carbocycles. The zero-order valence-electron chi connectivity index (χ0n) is 12.0. The number of hydrogen-bond donors (Lipinski definition) is 2. The number of fused-ring (bicyclic) bond motifs is 1. The highest BCUT2D eigenvalue weighted by molar-refractivity contribution is 6.02. The second-order valence-electron chi connectivity index (χ2n) is 5.07. The first-order valence-corrected chi connectivity index (χ1v) is 6.93. The average molecular weight is 283 g/mol. The molecule has 1 aliphatic rings. The SMILES string of the molecule is CCc1nc(C)ccc1Oc1ccc2c(c1)NC(=O)C2N. The van der Waals surface area contributed by atoms with Crippen LogP contribution in [0.3, 0.4) is 0 Å². The molecular weight excluding hydrogens is 266 g/mol. The summed E-state index contributed by atoms with van der Waals surface area (Å²) in [5.74, 6) is 1.20. The minimum absolute atomic E-state index is 0.187. The van der Waals surface area contributed by atoms with Crippen LogP contribution >= 0.6 is 0 Å². The van der Waals surface area contributed by atoms with E-state index < -0.39 is 6.04 Å². The summed E-state index contributed by atoms with van der Waals surface area (Å²) in [6.45, 7) is 3.99. The van der Waals surface area contributed by atoms with E-state index >= 15 is 0 Å². The molecule has 1 unspecified atom stereocenters. The van der Waals surface area contributed by atoms with Gasteiger partial charge < -0.3 is 15.8 Å². The predicted octanol–water partition coefficient (Wildman–Crippen LogP) is 2.70. The number of nitrogens with two attached hydrogens (primary N) is 1. The van der Waals surface area contributed by atoms with Gasteiger partial charge in [-0.15, -0.1) is 0 Å². The van der Waals surface area contributed by atoms with E-state index in [4.69, 9.17) is 10.5 Å². The Balaban J connectivity index is 1.90. The number of pyridine rings is 1. The average Bonchev–Trinajstić information content (AvgIpc) is 2.75. The third-order valence-electron chi connectivity index (χ3n) is 3.53. The Bertz CT molecular complexity index is 713. The van der Waals surface area contributed by atoms with Crippen molar-refractivity contribution in [3.8, 4) is 11.5 Å². The quantitative estimate of drug-likeness (QED) is 0.908. The van der Waals surface area contributed by atoms with Crippen LogP contribution in [0.4, 0.5) is 5.69 Å². The van der Waals surface area contributed by atoms with E-state index in [1.807, 2.05) is 38.1 Å². The zero-order valence-corrected chi connectivity index (χ0v) is 12.0. The third kappa shape index (κ3) is 2.48. The molecule has 1 amide bonds. The topological polar surface area (TPSA) is 77.2 Å². The van der Waals surface area contributed by atoms with Crippen LogP contribution in [0.15, 0.2) is 30.3 Å². The van der Waals surface area contributed by atoms with Crippen molar-refractivity contribution < 1.29 is 9.53 Å². The number of carbonyl (C=O) groups excluding carboxylic acids is 1. The molecule has 0 fully saturated rings. The Morgan fingerprint density at radius 3 is 2.90 bits per heavy atom. The highest BCUT2D eigenvalue weighted by atomic mass is 16.5. The lowest BCUT2D eigenvalue weighted by Crippen LogP contribution is -2.19. The van der Waals surface area contributed by atoms with E-state index in [9.17, 15) is 4.79 Å². The molecule has 0 aliphatic carbocycles. The lowest BCUT2D eigenvalue weighted by atomic mass is 10.1. The highest BCUT2D eigenvalue weighted by Crippen LogP contribution is 2.34. The van der Waals surface area contributed by atoms with Crippen molar-refractivity contribution in [3.63, 3.8) is 0 Å². The van der Waals surface area contributed by atoms with Gasteiger partial charge >= 0.3 is 0 Å². The van der Waals surface area contributed by atoms with Gasteiger partial charge in [0.1, 0.15) is 17.5 Å². The lowest BCUT2D eigenvalue weighted by Gasteiger charge is -2.11. The maximum atomic E-state index is 11.6. The largest absolute Gasteiger partial charge is 0.455 e. The minimum atomic E-state index is -0.596. The molecule has 2 aromatic rings. The molecule has 3 N–H and O–H groups in total. The summed E-state index contributed by atoms with van der Waals surface area (Å²) >= 11 is 0. The van der Waals surface area contributed by atoms with Crippen LogP contribution in [0.25, 0.3) is 0 Å². The van der Waals surface area contributed by atoms with E-state index in [1.165, 1.54) is 0 Å². The minimum Gasteiger partial charge on any atom is -0.455 e. The fourth-order valence-electron chi connectivity index (χ4n) is 2.40. The summed E-state index contributed by atoms with van der Waals surface area (Å²) in [5.41, 5.74) is 9.18. The van der Waals surface area contributed by atoms with Crippen LogP contribution in [0.5, 0.6) is 11.5 Å². The van der Waals surface area contributed by atoms with Crippen molar-refractivity contribution in [1.82, 2.24) is 4.98 Å². The number of hydrogen-bond acceptors (Lipinski definition) is 4. The molecule has 108 valence electrons. The van der Waals surface area contributed by atoms with E-state index in [0.29, 0.717) is 11.4 Å². The third-order valence-corrected chi connectivity index (χ3v) is 3.53. The lowest BCUT2D eigenvalue weighted by molar-refractivity contribution is -0.116. The summed E-state index contributed by atoms with van der Waals surface area (Å²) in [4.78, 5) is 16.0. The van der Waals surface area contributed by atoms with Gasteiger partial charge in [0.15, 0.2) is 0 Å². The molecule has 0 bridgehead atoms. The second-order valence-corrected chi connectivity index (χ2v) is 5.07. The molecule has 2 heterocycles. The van der Waals surface area contributed by atoms with Crippen LogP contribution < -0.4 is 15.8 Å². The number of aryl methyl sites for hydroxylation is 2. The summed E-state index contributed by atoms with van der Waals surface area (Å²) in [7, 11) is 0. The van der Waals surface area contributed by atoms with Gasteiger partial charge in [0.2, 0.25) is 5.91 Å². The van der Waals surface area contributed by atoms with Crippen molar-refractivity contribution in [1.29, 1.82) is 0 Å². The van der Waals surface area contributed by atoms with Gasteiger partial charge in [-0.05, 0) is 31.5 Å². The van der Waals surface area contributed by atoms with Crippen LogP contribution in [-0.4, -0.2) is 10.9 Å². The van der Waals surface area contributed by atoms with Crippen LogP contribution in [0.2, 0.25) is 0 Å². The Morgan fingerprint density at radius 1 is 1.33 bits per heavy atom. The van der Waals surface area contributed by atoms with Gasteiger partial charge in [-0.3, -0.25) is 9.78 Å². The number of nitrogens with zero attached hydrogens (tertiary/aromatic N) is 1. The molecule has 1 aromatic heterocycles. The first kappa shape index (κ1) is 13.6. The molecule has 3 rings (SSSR count). The highest BCUT2D eigenvalue weighted by Gasteiger charge is 2.27. The first-order chi connectivity index (χ1) is 10.1. The van der Waals surface area contributed by atoms with Crippen LogP contribution in [-0.2, 0) is 11.2 Å². The molecule has 0 spiro atoms. The number of amides is 1. The number of ether oxygens (including phenoxy) is 1. The summed E-state index contributed by atoms with van der Waals surface area (Å²) in [6, 6.07) is 8.66. The monoisotopic (exact) mass is 283 g/mol. The van der Waals surface area contributed by atoms with Gasteiger partial charge in [0, 0.05) is 23.0 Å². The van der Waals surface area contributed by atoms with E-state index in [-0.39, 0.29) is 5.91 Å². The first-order valence-electron chi connectivity index (χ1n) is 6.93. The molecule has 5 nitrogen and oxygen atoms in total. The molecular formula is C16H17N3O2. The predicted molar refractivity (Wildman–Crippen MR) is 80.4 cm³/mol. The molecule has 0 saturated heterocycles. The number of rotatable bonds is 3. The Hall–Kier alpha value is -2.40. The van der Waals surface area contributed by atoms with Gasteiger partial charge in [-0.2, -0.15) is 0 Å². The molecule has 1 atom stereocenters. The number of aromatic nitrogens is 1. The Morgan fingerprint density at radius 2 is 2.14 bits per heavy atom. The fraction of sp³-hybridized carbons (Fsp3) is 0.250. The maximum Gasteiger partial charge on any atom is 0.245 e. The second kappa shape index (κ2) is 5.18. The van der Waals surface area contributed by atoms with Gasteiger partial charge in [-0.1, -0.05) is 13.0 Å². The van der Waals surface area contributed by atoms with Crippen molar-refractivity contribution >= 4 is 11.6 Å². The van der Waals surface area contributed by atoms with Crippen molar-refractivity contribution in [2.24, 2.45) is 5.73 Å². The number of anilines is 1. The number of benzene rings is 1. The summed E-state index contributed by atoms with van der Waals surface area (Å²) in [6.07, 6.45) is 0.795. The molecule has 5 heteroatoms. The fourth-order valence-corrected chi connectivity index (χ4v) is 2.40. The van der Waals surface area contributed by atoms with Gasteiger partial charge in [-0.25, -0.2) is 0 Å². The van der Waals surface area contributed by atoms with Crippen molar-refractivity contribution in [2.45, 2.75) is 26.3 Å². The Kier molecular flexibility index (Phi) is 3.35. The van der Waals surface area contributed by atoms with Crippen LogP contribution in [0.1, 0.15) is 29.9 Å². The smallest absolute Gasteiger partial charge is 0.245 e. The standard InChI is InChI=1S/C16H17N3O2/c1-3-12-14(7-4-9(2)18-12)21-10-5-6-11-13(8-10)19-16(20)15(11)17/h4-8,15H,3,17H2,1-2H3,(H,19,20). The summed E-state index contributed by atoms with van der Waals surface area (Å²) in [5, 5.41) is 2.75. The zero-order chi connectivity index (χ0) is 15.0. The number of nitrogens with one attached hydrogen (secondary N) is 1. The normalized spacial score (nSPS) is 16.5. The van der Waals surface area contributed by atoms with Crippen LogP contribution in [0, 0.1) is 6.92 Å². The molecule has 0 radical (unpaired) electrons. The van der Waals surface area contributed by atoms with Gasteiger partial charge in [0.05, 0.1) is 5.69 Å². The Labute approximate surface area is 123 Å². The molecule has 21 heavy (non-hydrogen) atoms. The van der Waals surface area contributed by atoms with Crippen molar-refractivity contribution in [2.75, 3.05) is 5.32 Å². The van der Waals surface area contributed by atoms with E-state index in [1.54, 1.807) is 6.07 Å². The number of carbonyl (C=O) groups is 1. The van der Waals surface area contributed by atoms with Gasteiger partial charge in [0.25, 0.3) is 0 Å².